The number of benzene rings is 1. The zero-order chi connectivity index (χ0) is 14.7. The van der Waals surface area contributed by atoms with Crippen LogP contribution in [0.5, 0.6) is 0 Å². The average molecular weight is 312 g/mol. The normalized spacial score (nSPS) is 12.1. The maximum Gasteiger partial charge on any atom is 0.337 e. The minimum Gasteiger partial charge on any atom is -0.478 e. The van der Waals surface area contributed by atoms with Crippen molar-refractivity contribution < 1.29 is 9.90 Å². The molecule has 1 atom stereocenters. The van der Waals surface area contributed by atoms with Gasteiger partial charge in [-0.25, -0.2) is 9.78 Å². The van der Waals surface area contributed by atoms with Crippen molar-refractivity contribution >= 4 is 40.3 Å². The summed E-state index contributed by atoms with van der Waals surface area (Å²) in [5.74, 6) is -1.07. The highest BCUT2D eigenvalue weighted by molar-refractivity contribution is 7.09. The molecule has 0 amide bonds. The van der Waals surface area contributed by atoms with E-state index >= 15 is 0 Å². The minimum absolute atomic E-state index is 0.0602. The second-order valence-electron chi connectivity index (χ2n) is 4.21. The molecule has 0 aliphatic carbocycles. The van der Waals surface area contributed by atoms with Crippen LogP contribution in [0.25, 0.3) is 0 Å². The molecule has 0 saturated heterocycles. The third-order valence-electron chi connectivity index (χ3n) is 2.82. The summed E-state index contributed by atoms with van der Waals surface area (Å²) in [6.45, 7) is 1.99. The van der Waals surface area contributed by atoms with Crippen LogP contribution < -0.4 is 11.1 Å². The van der Waals surface area contributed by atoms with E-state index in [2.05, 4.69) is 10.3 Å². The Morgan fingerprint density at radius 1 is 1.60 bits per heavy atom. The third kappa shape index (κ3) is 3.02. The van der Waals surface area contributed by atoms with Gasteiger partial charge in [-0.05, 0) is 18.6 Å². The first-order chi connectivity index (χ1) is 9.52. The average Bonchev–Trinajstić information content (AvgIpc) is 2.90. The van der Waals surface area contributed by atoms with Gasteiger partial charge in [0.2, 0.25) is 0 Å². The van der Waals surface area contributed by atoms with E-state index in [0.29, 0.717) is 11.4 Å². The maximum absolute atomic E-state index is 11.3. The highest BCUT2D eigenvalue weighted by atomic mass is 35.5. The van der Waals surface area contributed by atoms with E-state index in [1.807, 2.05) is 12.3 Å². The number of aromatic carboxylic acids is 1. The molecule has 2 aromatic rings. The largest absolute Gasteiger partial charge is 0.478 e. The van der Waals surface area contributed by atoms with Crippen LogP contribution in [0, 0.1) is 0 Å². The molecule has 0 aliphatic rings. The zero-order valence-electron chi connectivity index (χ0n) is 10.8. The number of nitrogens with two attached hydrogens (primary N) is 1. The monoisotopic (exact) mass is 311 g/mol. The van der Waals surface area contributed by atoms with Crippen molar-refractivity contribution in [3.63, 3.8) is 0 Å². The first-order valence-electron chi connectivity index (χ1n) is 6.01. The molecule has 1 unspecified atom stereocenters. The molecule has 4 N–H and O–H groups in total. The molecule has 5 nitrogen and oxygen atoms in total. The zero-order valence-corrected chi connectivity index (χ0v) is 12.3. The van der Waals surface area contributed by atoms with Crippen LogP contribution in [0.4, 0.5) is 11.4 Å². The van der Waals surface area contributed by atoms with Gasteiger partial charge in [-0.3, -0.25) is 0 Å². The van der Waals surface area contributed by atoms with Gasteiger partial charge in [0.25, 0.3) is 0 Å². The number of nitrogens with one attached hydrogen (secondary N) is 1. The van der Waals surface area contributed by atoms with Crippen molar-refractivity contribution in [2.24, 2.45) is 0 Å². The maximum atomic E-state index is 11.3. The van der Waals surface area contributed by atoms with E-state index in [1.165, 1.54) is 23.5 Å². The number of anilines is 2. The molecular formula is C13H14ClN3O2S. The van der Waals surface area contributed by atoms with Crippen molar-refractivity contribution in [2.75, 3.05) is 11.1 Å². The number of thiazole rings is 1. The van der Waals surface area contributed by atoms with E-state index in [-0.39, 0.29) is 16.6 Å². The SMILES string of the molecule is CCC(Nc1c(Cl)cc(N)cc1C(=O)O)c1nccs1. The summed E-state index contributed by atoms with van der Waals surface area (Å²) in [7, 11) is 0. The fourth-order valence-electron chi connectivity index (χ4n) is 1.86. The van der Waals surface area contributed by atoms with E-state index in [0.717, 1.165) is 11.4 Å². The molecule has 0 aliphatic heterocycles. The van der Waals surface area contributed by atoms with Crippen LogP contribution in [0.15, 0.2) is 23.7 Å². The van der Waals surface area contributed by atoms with Gasteiger partial charge >= 0.3 is 5.97 Å². The smallest absolute Gasteiger partial charge is 0.337 e. The van der Waals surface area contributed by atoms with Gasteiger partial charge in [0.05, 0.1) is 22.3 Å². The topological polar surface area (TPSA) is 88.2 Å². The number of carbonyl (C=O) groups is 1. The Morgan fingerprint density at radius 3 is 2.90 bits per heavy atom. The van der Waals surface area contributed by atoms with Gasteiger partial charge < -0.3 is 16.2 Å². The van der Waals surface area contributed by atoms with Gasteiger partial charge in [-0.15, -0.1) is 11.3 Å². The Hall–Kier alpha value is -1.79. The number of nitrogens with zero attached hydrogens (tertiary/aromatic N) is 1. The summed E-state index contributed by atoms with van der Waals surface area (Å²) in [6, 6.07) is 2.84. The first-order valence-corrected chi connectivity index (χ1v) is 7.27. The molecule has 0 fully saturated rings. The van der Waals surface area contributed by atoms with E-state index in [9.17, 15) is 9.90 Å². The van der Waals surface area contributed by atoms with Gasteiger partial charge in [0, 0.05) is 17.3 Å². The Balaban J connectivity index is 2.39. The Morgan fingerprint density at radius 2 is 2.35 bits per heavy atom. The first kappa shape index (κ1) is 14.6. The van der Waals surface area contributed by atoms with Gasteiger partial charge in [-0.1, -0.05) is 18.5 Å². The second-order valence-corrected chi connectivity index (χ2v) is 5.54. The lowest BCUT2D eigenvalue weighted by molar-refractivity contribution is 0.0698. The molecule has 106 valence electrons. The van der Waals surface area contributed by atoms with E-state index < -0.39 is 5.97 Å². The molecule has 1 heterocycles. The van der Waals surface area contributed by atoms with Crippen LogP contribution in [0.3, 0.4) is 0 Å². The summed E-state index contributed by atoms with van der Waals surface area (Å²) in [4.78, 5) is 15.6. The highest BCUT2D eigenvalue weighted by Crippen LogP contribution is 2.33. The molecular weight excluding hydrogens is 298 g/mol. The number of hydrogen-bond donors (Lipinski definition) is 3. The van der Waals surface area contributed by atoms with Crippen LogP contribution in [-0.4, -0.2) is 16.1 Å². The minimum atomic E-state index is -1.07. The molecule has 0 bridgehead atoms. The molecule has 1 aromatic heterocycles. The van der Waals surface area contributed by atoms with E-state index in [1.54, 1.807) is 6.20 Å². The molecule has 0 saturated carbocycles. The predicted molar refractivity (Wildman–Crippen MR) is 81.6 cm³/mol. The number of carboxylic acid groups (broad SMARTS) is 1. The molecule has 0 spiro atoms. The lowest BCUT2D eigenvalue weighted by Crippen LogP contribution is -2.13. The summed E-state index contributed by atoms with van der Waals surface area (Å²) in [6.07, 6.45) is 2.47. The lowest BCUT2D eigenvalue weighted by atomic mass is 10.1. The summed E-state index contributed by atoms with van der Waals surface area (Å²) < 4.78 is 0. The summed E-state index contributed by atoms with van der Waals surface area (Å²) >= 11 is 7.63. The molecule has 1 aromatic carbocycles. The number of carboxylic acids is 1. The van der Waals surface area contributed by atoms with Crippen LogP contribution in [0.1, 0.15) is 34.8 Å². The molecule has 7 heteroatoms. The fraction of sp³-hybridized carbons (Fsp3) is 0.231. The second kappa shape index (κ2) is 6.11. The van der Waals surface area contributed by atoms with Crippen molar-refractivity contribution in [2.45, 2.75) is 19.4 Å². The predicted octanol–water partition coefficient (Wildman–Crippen LogP) is 3.64. The lowest BCUT2D eigenvalue weighted by Gasteiger charge is -2.19. The number of halogens is 1. The summed E-state index contributed by atoms with van der Waals surface area (Å²) in [5.41, 5.74) is 6.39. The Bertz CT molecular complexity index is 616. The number of nitrogen functional groups attached to an aromatic ring is 1. The standard InChI is InChI=1S/C13H14ClN3O2S/c1-2-10(12-16-3-4-20-12)17-11-8(13(18)19)5-7(15)6-9(11)14/h3-6,10,17H,2,15H2,1H3,(H,18,19). The van der Waals surface area contributed by atoms with Crippen LogP contribution >= 0.6 is 22.9 Å². The molecule has 0 radical (unpaired) electrons. The van der Waals surface area contributed by atoms with Crippen molar-refractivity contribution in [3.8, 4) is 0 Å². The fourth-order valence-corrected chi connectivity index (χ4v) is 2.92. The molecule has 2 rings (SSSR count). The quantitative estimate of drug-likeness (QED) is 0.734. The van der Waals surface area contributed by atoms with Gasteiger partial charge in [0.15, 0.2) is 0 Å². The van der Waals surface area contributed by atoms with Crippen LogP contribution in [0.2, 0.25) is 5.02 Å². The Labute approximate surface area is 125 Å². The molecule has 20 heavy (non-hydrogen) atoms. The van der Waals surface area contributed by atoms with E-state index in [4.69, 9.17) is 17.3 Å². The summed E-state index contributed by atoms with van der Waals surface area (Å²) in [5, 5.41) is 15.5. The number of aromatic nitrogens is 1. The van der Waals surface area contributed by atoms with Gasteiger partial charge in [0.1, 0.15) is 5.01 Å². The van der Waals surface area contributed by atoms with Crippen molar-refractivity contribution in [1.29, 1.82) is 0 Å². The van der Waals surface area contributed by atoms with Crippen LogP contribution in [-0.2, 0) is 0 Å². The number of rotatable bonds is 5. The third-order valence-corrected chi connectivity index (χ3v) is 4.01. The van der Waals surface area contributed by atoms with Crippen molar-refractivity contribution in [3.05, 3.63) is 39.3 Å². The van der Waals surface area contributed by atoms with Crippen molar-refractivity contribution in [1.82, 2.24) is 4.98 Å². The number of hydrogen-bond acceptors (Lipinski definition) is 5. The highest BCUT2D eigenvalue weighted by Gasteiger charge is 2.19. The Kier molecular flexibility index (Phi) is 4.46. The van der Waals surface area contributed by atoms with Gasteiger partial charge in [-0.2, -0.15) is 0 Å².